The van der Waals surface area contributed by atoms with Gasteiger partial charge in [0.1, 0.15) is 12.0 Å². The van der Waals surface area contributed by atoms with E-state index in [4.69, 9.17) is 9.98 Å². The lowest BCUT2D eigenvalue weighted by atomic mass is 10.1. The fraction of sp³-hybridized carbons (Fsp3) is 0.238. The summed E-state index contributed by atoms with van der Waals surface area (Å²) in [5, 5.41) is 14.9. The number of aryl methyl sites for hydroxylation is 2. The lowest BCUT2D eigenvalue weighted by Crippen LogP contribution is -2.25. The molecule has 0 aliphatic heterocycles. The number of aromatic amines is 2. The van der Waals surface area contributed by atoms with Gasteiger partial charge in [-0.05, 0) is 56.0 Å². The molecule has 1 saturated carbocycles. The lowest BCUT2D eigenvalue weighted by molar-refractivity contribution is 0.454. The Morgan fingerprint density at radius 3 is 2.75 bits per heavy atom. The van der Waals surface area contributed by atoms with Crippen molar-refractivity contribution in [1.82, 2.24) is 39.1 Å². The first-order valence-corrected chi connectivity index (χ1v) is 10.2. The van der Waals surface area contributed by atoms with Crippen LogP contribution in [0, 0.1) is 13.8 Å². The van der Waals surface area contributed by atoms with E-state index >= 15 is 0 Å². The number of rotatable bonds is 3. The predicted octanol–water partition coefficient (Wildman–Crippen LogP) is 0.413. The Bertz CT molecular complexity index is 1700. The molecule has 0 spiro atoms. The average Bonchev–Trinajstić information content (AvgIpc) is 3.19. The Morgan fingerprint density at radius 1 is 1.19 bits per heavy atom. The third kappa shape index (κ3) is 2.97. The number of nitrogens with zero attached hydrogens (tertiary/aromatic N) is 7. The topological polar surface area (TPSA) is 142 Å². The molecule has 5 aromatic rings. The summed E-state index contributed by atoms with van der Waals surface area (Å²) < 4.78 is 3.41. The summed E-state index contributed by atoms with van der Waals surface area (Å²) in [5.41, 5.74) is 4.75. The van der Waals surface area contributed by atoms with Gasteiger partial charge in [0.25, 0.3) is 5.62 Å². The fourth-order valence-corrected chi connectivity index (χ4v) is 3.60. The van der Waals surface area contributed by atoms with Crippen LogP contribution in [0.1, 0.15) is 29.7 Å². The van der Waals surface area contributed by atoms with E-state index in [0.717, 1.165) is 35.0 Å². The Balaban J connectivity index is 1.64. The van der Waals surface area contributed by atoms with Gasteiger partial charge in [0, 0.05) is 5.22 Å². The maximum Gasteiger partial charge on any atom is 0.326 e. The Labute approximate surface area is 179 Å². The third-order valence-corrected chi connectivity index (χ3v) is 5.62. The number of fused-ring (bicyclic) bond motifs is 2. The highest BCUT2D eigenvalue weighted by atomic mass is 16.3. The maximum absolute atomic E-state index is 11.5. The number of nitrogens with one attached hydrogen (secondary N) is 2. The number of H-pyrrole nitrogens is 2. The molecule has 4 heterocycles. The highest BCUT2D eigenvalue weighted by molar-refractivity contribution is 5.78. The van der Waals surface area contributed by atoms with Gasteiger partial charge in [-0.1, -0.05) is 0 Å². The molecule has 0 saturated heterocycles. The van der Waals surface area contributed by atoms with E-state index in [1.165, 1.54) is 0 Å². The zero-order valence-corrected chi connectivity index (χ0v) is 17.4. The first-order chi connectivity index (χ1) is 15.5. The molecule has 11 heteroatoms. The number of aromatic nitrogens is 8. The van der Waals surface area contributed by atoms with Gasteiger partial charge in [-0.3, -0.25) is 9.55 Å². The predicted molar refractivity (Wildman–Crippen MR) is 115 cm³/mol. The molecule has 1 aliphatic carbocycles. The number of hydrogen-bond donors (Lipinski definition) is 3. The maximum atomic E-state index is 11.5. The first-order valence-electron chi connectivity index (χ1n) is 10.2. The van der Waals surface area contributed by atoms with Crippen molar-refractivity contribution in [3.63, 3.8) is 0 Å². The molecular formula is C21H19N9O2. The van der Waals surface area contributed by atoms with Crippen LogP contribution in [0.2, 0.25) is 0 Å². The van der Waals surface area contributed by atoms with Crippen molar-refractivity contribution < 1.29 is 5.11 Å². The summed E-state index contributed by atoms with van der Waals surface area (Å²) in [4.78, 5) is 35.0. The molecule has 1 aromatic carbocycles. The standard InChI is InChI=1S/C21H19N9O2/c1-10-5-14-16(6-11(10)2)29(9-22-14)19-26-17-12(7-15-18(31)27-21(32)25-15)8-23-30(17)20(28-19)24-13-3-4-13/h5-9,13,31H,3-4H2,1-2H3,(H2,25,27,32)/b12-7+,24-20?. The molecule has 1 fully saturated rings. The summed E-state index contributed by atoms with van der Waals surface area (Å²) in [6.07, 6.45) is 6.94. The number of hydrogen-bond acceptors (Lipinski definition) is 7. The molecule has 6 rings (SSSR count). The normalized spacial score (nSPS) is 15.4. The quantitative estimate of drug-likeness (QED) is 0.379. The molecule has 32 heavy (non-hydrogen) atoms. The van der Waals surface area contributed by atoms with Gasteiger partial charge in [0.2, 0.25) is 11.8 Å². The van der Waals surface area contributed by atoms with Gasteiger partial charge < -0.3 is 10.1 Å². The van der Waals surface area contributed by atoms with Gasteiger partial charge >= 0.3 is 5.69 Å². The van der Waals surface area contributed by atoms with Gasteiger partial charge in [-0.2, -0.15) is 19.6 Å². The third-order valence-electron chi connectivity index (χ3n) is 5.62. The highest BCUT2D eigenvalue weighted by Crippen LogP contribution is 2.23. The summed E-state index contributed by atoms with van der Waals surface area (Å²) in [7, 11) is 0. The molecule has 4 aromatic heterocycles. The summed E-state index contributed by atoms with van der Waals surface area (Å²) >= 11 is 0. The van der Waals surface area contributed by atoms with Crippen molar-refractivity contribution in [2.75, 3.05) is 0 Å². The molecule has 0 unspecified atom stereocenters. The minimum Gasteiger partial charge on any atom is -0.493 e. The largest absolute Gasteiger partial charge is 0.493 e. The summed E-state index contributed by atoms with van der Waals surface area (Å²) in [6.45, 7) is 4.11. The van der Waals surface area contributed by atoms with Crippen LogP contribution in [0.5, 0.6) is 5.88 Å². The van der Waals surface area contributed by atoms with E-state index in [9.17, 15) is 9.90 Å². The van der Waals surface area contributed by atoms with E-state index in [1.807, 2.05) is 10.6 Å². The second kappa shape index (κ2) is 6.61. The van der Waals surface area contributed by atoms with Crippen LogP contribution in [0.3, 0.4) is 0 Å². The molecule has 0 bridgehead atoms. The van der Waals surface area contributed by atoms with E-state index in [1.54, 1.807) is 23.1 Å². The van der Waals surface area contributed by atoms with E-state index in [0.29, 0.717) is 22.4 Å². The molecule has 0 radical (unpaired) electrons. The van der Waals surface area contributed by atoms with Crippen molar-refractivity contribution in [3.8, 4) is 11.8 Å². The van der Waals surface area contributed by atoms with Gasteiger partial charge in [-0.15, -0.1) is 0 Å². The molecule has 0 amide bonds. The molecule has 3 N–H and O–H groups in total. The van der Waals surface area contributed by atoms with Crippen molar-refractivity contribution in [2.24, 2.45) is 4.99 Å². The van der Waals surface area contributed by atoms with Crippen LogP contribution in [0.4, 0.5) is 0 Å². The highest BCUT2D eigenvalue weighted by Gasteiger charge is 2.21. The van der Waals surface area contributed by atoms with Crippen molar-refractivity contribution in [1.29, 1.82) is 0 Å². The molecule has 1 aliphatic rings. The summed E-state index contributed by atoms with van der Waals surface area (Å²) in [5.74, 6) is 0.169. The van der Waals surface area contributed by atoms with Gasteiger partial charge in [0.05, 0.1) is 23.3 Å². The number of aromatic hydroxyl groups is 1. The lowest BCUT2D eigenvalue weighted by Gasteiger charge is -2.05. The van der Waals surface area contributed by atoms with Gasteiger partial charge in [0.15, 0.2) is 5.65 Å². The van der Waals surface area contributed by atoms with Crippen LogP contribution in [0.15, 0.2) is 34.4 Å². The zero-order valence-electron chi connectivity index (χ0n) is 17.4. The van der Waals surface area contributed by atoms with Crippen LogP contribution in [-0.2, 0) is 0 Å². The number of benzene rings is 1. The molecular weight excluding hydrogens is 410 g/mol. The van der Waals surface area contributed by atoms with E-state index in [2.05, 4.69) is 44.9 Å². The fourth-order valence-electron chi connectivity index (χ4n) is 3.60. The van der Waals surface area contributed by atoms with Crippen molar-refractivity contribution in [2.45, 2.75) is 32.7 Å². The smallest absolute Gasteiger partial charge is 0.326 e. The second-order valence-electron chi connectivity index (χ2n) is 8.04. The summed E-state index contributed by atoms with van der Waals surface area (Å²) in [6, 6.07) is 4.33. The zero-order chi connectivity index (χ0) is 22.0. The van der Waals surface area contributed by atoms with Crippen molar-refractivity contribution >= 4 is 22.8 Å². The molecule has 11 nitrogen and oxygen atoms in total. The molecule has 160 valence electrons. The minimum atomic E-state index is -0.500. The minimum absolute atomic E-state index is 0.229. The first kappa shape index (κ1) is 18.5. The Hall–Kier alpha value is -4.28. The van der Waals surface area contributed by atoms with Crippen LogP contribution >= 0.6 is 0 Å². The van der Waals surface area contributed by atoms with E-state index < -0.39 is 5.69 Å². The second-order valence-corrected chi connectivity index (χ2v) is 8.04. The molecule has 0 atom stereocenters. The van der Waals surface area contributed by atoms with Crippen LogP contribution in [0.25, 0.3) is 28.7 Å². The van der Waals surface area contributed by atoms with Crippen LogP contribution in [-0.4, -0.2) is 50.2 Å². The van der Waals surface area contributed by atoms with Crippen molar-refractivity contribution in [3.05, 3.63) is 62.8 Å². The SMILES string of the molecule is Cc1cc2ncn(-c3nc(=NC4CC4)n4nc/c(=C\c5[nH]c(=O)[nH]c5O)c4n3)c2cc1C. The van der Waals surface area contributed by atoms with E-state index in [-0.39, 0.29) is 17.6 Å². The average molecular weight is 429 g/mol. The van der Waals surface area contributed by atoms with Crippen LogP contribution < -0.4 is 16.5 Å². The van der Waals surface area contributed by atoms with Gasteiger partial charge in [-0.25, -0.2) is 14.8 Å². The number of imidazole rings is 2. The Morgan fingerprint density at radius 2 is 2.00 bits per heavy atom. The monoisotopic (exact) mass is 429 g/mol. The Kier molecular flexibility index (Phi) is 3.82.